The van der Waals surface area contributed by atoms with Crippen LogP contribution in [-0.2, 0) is 0 Å². The van der Waals surface area contributed by atoms with Gasteiger partial charge in [-0.15, -0.1) is 0 Å². The van der Waals surface area contributed by atoms with E-state index in [4.69, 9.17) is 11.6 Å². The second-order valence-electron chi connectivity index (χ2n) is 4.42. The molecule has 0 atom stereocenters. The number of carbonyl (C=O) groups is 1. The molecule has 2 aromatic carbocycles. The van der Waals surface area contributed by atoms with Gasteiger partial charge in [0.2, 0.25) is 0 Å². The fourth-order valence-corrected chi connectivity index (χ4v) is 2.43. The van der Waals surface area contributed by atoms with Crippen LogP contribution in [0, 0.1) is 5.82 Å². The third-order valence-corrected chi connectivity index (χ3v) is 3.42. The molecule has 0 aromatic heterocycles. The molecule has 104 valence electrons. The summed E-state index contributed by atoms with van der Waals surface area (Å²) in [4.78, 5) is 13.2. The van der Waals surface area contributed by atoms with Gasteiger partial charge in [0.05, 0.1) is 10.7 Å². The molecule has 0 fully saturated rings. The van der Waals surface area contributed by atoms with Gasteiger partial charge in [-0.25, -0.2) is 4.39 Å². The summed E-state index contributed by atoms with van der Waals surface area (Å²) in [5, 5.41) is 0.379. The number of rotatable bonds is 4. The van der Waals surface area contributed by atoms with E-state index in [1.807, 2.05) is 11.8 Å². The van der Waals surface area contributed by atoms with Gasteiger partial charge in [0, 0.05) is 17.8 Å². The predicted octanol–water partition coefficient (Wildman–Crippen LogP) is 4.84. The smallest absolute Gasteiger partial charge is 0.161 e. The van der Waals surface area contributed by atoms with Crippen LogP contribution < -0.4 is 4.90 Å². The first kappa shape index (κ1) is 14.5. The van der Waals surface area contributed by atoms with Crippen LogP contribution in [0.2, 0.25) is 5.02 Å². The normalized spacial score (nSPS) is 10.4. The summed E-state index contributed by atoms with van der Waals surface area (Å²) in [5.41, 5.74) is 1.72. The van der Waals surface area contributed by atoms with Crippen LogP contribution in [0.15, 0.2) is 42.5 Å². The third-order valence-electron chi connectivity index (χ3n) is 3.10. The minimum absolute atomic E-state index is 0.0875. The first-order valence-electron chi connectivity index (χ1n) is 6.37. The Bertz CT molecular complexity index is 642. The Kier molecular flexibility index (Phi) is 4.40. The van der Waals surface area contributed by atoms with Crippen LogP contribution in [0.3, 0.4) is 0 Å². The molecule has 2 aromatic rings. The van der Waals surface area contributed by atoms with Gasteiger partial charge >= 0.3 is 0 Å². The maximum Gasteiger partial charge on any atom is 0.161 e. The zero-order chi connectivity index (χ0) is 14.7. The molecule has 0 saturated carbocycles. The Morgan fingerprint density at radius 3 is 2.50 bits per heavy atom. The molecule has 0 aliphatic heterocycles. The van der Waals surface area contributed by atoms with Crippen molar-refractivity contribution >= 4 is 28.8 Å². The van der Waals surface area contributed by atoms with E-state index in [-0.39, 0.29) is 11.6 Å². The zero-order valence-electron chi connectivity index (χ0n) is 11.4. The highest BCUT2D eigenvalue weighted by Gasteiger charge is 2.14. The summed E-state index contributed by atoms with van der Waals surface area (Å²) in [7, 11) is 0. The number of benzene rings is 2. The highest BCUT2D eigenvalue weighted by atomic mass is 35.5. The van der Waals surface area contributed by atoms with Crippen molar-refractivity contribution in [3.8, 4) is 0 Å². The first-order chi connectivity index (χ1) is 9.54. The molecule has 0 amide bonds. The molecule has 2 nitrogen and oxygen atoms in total. The van der Waals surface area contributed by atoms with Gasteiger partial charge in [-0.1, -0.05) is 23.7 Å². The van der Waals surface area contributed by atoms with Gasteiger partial charge < -0.3 is 4.90 Å². The van der Waals surface area contributed by atoms with Crippen molar-refractivity contribution in [3.05, 3.63) is 58.9 Å². The minimum Gasteiger partial charge on any atom is -0.339 e. The molecule has 0 saturated heterocycles. The Labute approximate surface area is 122 Å². The molecular weight excluding hydrogens is 277 g/mol. The zero-order valence-corrected chi connectivity index (χ0v) is 12.1. The molecule has 4 heteroatoms. The van der Waals surface area contributed by atoms with Crippen LogP contribution in [0.25, 0.3) is 0 Å². The number of ketones is 1. The molecular formula is C16H15ClFNO. The number of para-hydroxylation sites is 1. The molecule has 0 aliphatic carbocycles. The van der Waals surface area contributed by atoms with Crippen LogP contribution in [-0.4, -0.2) is 12.3 Å². The summed E-state index contributed by atoms with van der Waals surface area (Å²) in [6.07, 6.45) is 0. The molecule has 0 spiro atoms. The number of anilines is 2. The Morgan fingerprint density at radius 2 is 1.95 bits per heavy atom. The van der Waals surface area contributed by atoms with Crippen LogP contribution in [0.1, 0.15) is 24.2 Å². The third kappa shape index (κ3) is 2.83. The highest BCUT2D eigenvalue weighted by Crippen LogP contribution is 2.30. The predicted molar refractivity (Wildman–Crippen MR) is 80.5 cm³/mol. The second kappa shape index (κ2) is 6.06. The Hall–Kier alpha value is -1.87. The van der Waals surface area contributed by atoms with E-state index in [9.17, 15) is 9.18 Å². The Morgan fingerprint density at radius 1 is 1.25 bits per heavy atom. The number of Topliss-reactive ketones (excluding diaryl/α,β-unsaturated/α-hetero) is 1. The lowest BCUT2D eigenvalue weighted by atomic mass is 10.1. The second-order valence-corrected chi connectivity index (χ2v) is 4.82. The van der Waals surface area contributed by atoms with E-state index in [2.05, 4.69) is 0 Å². The fraction of sp³-hybridized carbons (Fsp3) is 0.188. The summed E-state index contributed by atoms with van der Waals surface area (Å²) in [6, 6.07) is 11.7. The van der Waals surface area contributed by atoms with Gasteiger partial charge in [0.1, 0.15) is 5.82 Å². The van der Waals surface area contributed by atoms with Crippen molar-refractivity contribution in [2.45, 2.75) is 13.8 Å². The maximum absolute atomic E-state index is 13.9. The summed E-state index contributed by atoms with van der Waals surface area (Å²) in [6.45, 7) is 3.99. The lowest BCUT2D eigenvalue weighted by molar-refractivity contribution is 0.101. The highest BCUT2D eigenvalue weighted by molar-refractivity contribution is 6.34. The van der Waals surface area contributed by atoms with E-state index in [1.54, 1.807) is 36.4 Å². The summed E-state index contributed by atoms with van der Waals surface area (Å²) >= 11 is 6.11. The van der Waals surface area contributed by atoms with Crippen molar-refractivity contribution in [2.75, 3.05) is 11.4 Å². The average Bonchev–Trinajstić information content (AvgIpc) is 2.41. The quantitative estimate of drug-likeness (QED) is 0.751. The number of carbonyl (C=O) groups excluding carboxylic acids is 1. The number of nitrogens with zero attached hydrogens (tertiary/aromatic N) is 1. The molecule has 0 aliphatic rings. The fourth-order valence-electron chi connectivity index (χ4n) is 2.12. The monoisotopic (exact) mass is 291 g/mol. The van der Waals surface area contributed by atoms with Crippen molar-refractivity contribution in [1.82, 2.24) is 0 Å². The van der Waals surface area contributed by atoms with Crippen LogP contribution in [0.4, 0.5) is 15.8 Å². The van der Waals surface area contributed by atoms with E-state index < -0.39 is 0 Å². The topological polar surface area (TPSA) is 20.3 Å². The van der Waals surface area contributed by atoms with Gasteiger partial charge in [-0.2, -0.15) is 0 Å². The standard InChI is InChI=1S/C16H15ClFNO/c1-3-19(16-7-5-4-6-15(16)18)12-8-9-13(11(2)20)14(17)10-12/h4-10H,3H2,1-2H3. The molecule has 20 heavy (non-hydrogen) atoms. The van der Waals surface area contributed by atoms with Gasteiger partial charge in [0.25, 0.3) is 0 Å². The average molecular weight is 292 g/mol. The van der Waals surface area contributed by atoms with E-state index >= 15 is 0 Å². The molecule has 0 N–H and O–H groups in total. The largest absolute Gasteiger partial charge is 0.339 e. The van der Waals surface area contributed by atoms with Gasteiger partial charge in [-0.05, 0) is 44.2 Å². The van der Waals surface area contributed by atoms with Gasteiger partial charge in [-0.3, -0.25) is 4.79 Å². The Balaban J connectivity index is 2.46. The van der Waals surface area contributed by atoms with E-state index in [1.165, 1.54) is 13.0 Å². The molecule has 0 unspecified atom stereocenters. The van der Waals surface area contributed by atoms with Crippen molar-refractivity contribution in [2.24, 2.45) is 0 Å². The first-order valence-corrected chi connectivity index (χ1v) is 6.75. The van der Waals surface area contributed by atoms with E-state index in [0.717, 1.165) is 5.69 Å². The minimum atomic E-state index is -0.291. The van der Waals surface area contributed by atoms with E-state index in [0.29, 0.717) is 22.8 Å². The summed E-state index contributed by atoms with van der Waals surface area (Å²) < 4.78 is 13.9. The SMILES string of the molecule is CCN(c1ccc(C(C)=O)c(Cl)c1)c1ccccc1F. The molecule has 0 heterocycles. The lowest BCUT2D eigenvalue weighted by Gasteiger charge is -2.24. The lowest BCUT2D eigenvalue weighted by Crippen LogP contribution is -2.17. The van der Waals surface area contributed by atoms with Crippen molar-refractivity contribution < 1.29 is 9.18 Å². The molecule has 2 rings (SSSR count). The number of hydrogen-bond acceptors (Lipinski definition) is 2. The number of hydrogen-bond donors (Lipinski definition) is 0. The molecule has 0 radical (unpaired) electrons. The number of halogens is 2. The maximum atomic E-state index is 13.9. The molecule has 0 bridgehead atoms. The van der Waals surface area contributed by atoms with Crippen molar-refractivity contribution in [1.29, 1.82) is 0 Å². The summed E-state index contributed by atoms with van der Waals surface area (Å²) in [5.74, 6) is -0.378. The van der Waals surface area contributed by atoms with Crippen LogP contribution >= 0.6 is 11.6 Å². The van der Waals surface area contributed by atoms with Crippen molar-refractivity contribution in [3.63, 3.8) is 0 Å². The van der Waals surface area contributed by atoms with Crippen LogP contribution in [0.5, 0.6) is 0 Å². The van der Waals surface area contributed by atoms with Gasteiger partial charge in [0.15, 0.2) is 5.78 Å².